The number of rotatable bonds is 3. The molecule has 0 heterocycles. The van der Waals surface area contributed by atoms with Crippen LogP contribution in [0.25, 0.3) is 0 Å². The van der Waals surface area contributed by atoms with Gasteiger partial charge in [0, 0.05) is 5.41 Å². The molecule has 3 heteroatoms. The lowest BCUT2D eigenvalue weighted by molar-refractivity contribution is -0.136. The van der Waals surface area contributed by atoms with Crippen LogP contribution in [0, 0.1) is 10.8 Å². The van der Waals surface area contributed by atoms with Crippen LogP contribution in [-0.2, 0) is 9.53 Å². The van der Waals surface area contributed by atoms with E-state index in [0.717, 1.165) is 6.42 Å². The molecule has 70 valence electrons. The normalized spacial score (nSPS) is 11.0. The van der Waals surface area contributed by atoms with E-state index >= 15 is 0 Å². The average molecular weight is 171 g/mol. The van der Waals surface area contributed by atoms with Crippen LogP contribution in [0.4, 0.5) is 0 Å². The van der Waals surface area contributed by atoms with Crippen molar-refractivity contribution in [2.24, 2.45) is 5.41 Å². The Morgan fingerprint density at radius 2 is 1.92 bits per heavy atom. The van der Waals surface area contributed by atoms with E-state index in [9.17, 15) is 4.79 Å². The molecule has 0 aliphatic heterocycles. The van der Waals surface area contributed by atoms with E-state index in [2.05, 4.69) is 0 Å². The van der Waals surface area contributed by atoms with Crippen molar-refractivity contribution < 1.29 is 9.53 Å². The summed E-state index contributed by atoms with van der Waals surface area (Å²) in [5, 5.41) is 7.45. The molecule has 12 heavy (non-hydrogen) atoms. The zero-order valence-electron chi connectivity index (χ0n) is 8.23. The number of hydrogen-bond acceptors (Lipinski definition) is 3. The summed E-state index contributed by atoms with van der Waals surface area (Å²) in [5.74, 6) is -0.496. The van der Waals surface area contributed by atoms with E-state index in [1.807, 2.05) is 27.7 Å². The smallest absolute Gasteiger partial charge is 0.352 e. The molecule has 0 radical (unpaired) electrons. The lowest BCUT2D eigenvalue weighted by Crippen LogP contribution is -2.29. The highest BCUT2D eigenvalue weighted by molar-refractivity contribution is 6.36. The van der Waals surface area contributed by atoms with E-state index in [1.165, 1.54) is 0 Å². The summed E-state index contributed by atoms with van der Waals surface area (Å²) in [5.41, 5.74) is -0.374. The van der Waals surface area contributed by atoms with Gasteiger partial charge in [-0.25, -0.2) is 4.79 Å². The highest BCUT2D eigenvalue weighted by Gasteiger charge is 2.24. The number of esters is 1. The minimum Gasteiger partial charge on any atom is -0.461 e. The zero-order valence-corrected chi connectivity index (χ0v) is 8.23. The standard InChI is InChI=1S/C9H17NO2/c1-5-6-12-8(11)7(10)9(2,3)4/h10H,5-6H2,1-4H3. The highest BCUT2D eigenvalue weighted by Crippen LogP contribution is 2.15. The molecular formula is C9H17NO2. The SMILES string of the molecule is CCCOC(=O)C(=N)C(C)(C)C. The third-order valence-electron chi connectivity index (χ3n) is 1.39. The first-order valence-electron chi connectivity index (χ1n) is 4.15. The van der Waals surface area contributed by atoms with Crippen LogP contribution in [-0.4, -0.2) is 18.3 Å². The Labute approximate surface area is 73.6 Å². The minimum atomic E-state index is -0.496. The quantitative estimate of drug-likeness (QED) is 0.521. The maximum absolute atomic E-state index is 11.1. The van der Waals surface area contributed by atoms with Crippen molar-refractivity contribution in [2.45, 2.75) is 34.1 Å². The van der Waals surface area contributed by atoms with Gasteiger partial charge in [0.2, 0.25) is 0 Å². The second kappa shape index (κ2) is 4.24. The Hall–Kier alpha value is -0.860. The fourth-order valence-electron chi connectivity index (χ4n) is 0.573. The van der Waals surface area contributed by atoms with Crippen LogP contribution in [0.5, 0.6) is 0 Å². The van der Waals surface area contributed by atoms with Crippen molar-refractivity contribution in [3.05, 3.63) is 0 Å². The van der Waals surface area contributed by atoms with E-state index in [1.54, 1.807) is 0 Å². The van der Waals surface area contributed by atoms with Gasteiger partial charge >= 0.3 is 5.97 Å². The van der Waals surface area contributed by atoms with Crippen molar-refractivity contribution >= 4 is 11.7 Å². The molecule has 0 atom stereocenters. The van der Waals surface area contributed by atoms with Gasteiger partial charge in [-0.3, -0.25) is 5.41 Å². The van der Waals surface area contributed by atoms with Gasteiger partial charge in [0.1, 0.15) is 5.71 Å². The molecule has 0 aliphatic rings. The molecule has 1 N–H and O–H groups in total. The molecule has 0 saturated heterocycles. The van der Waals surface area contributed by atoms with Crippen molar-refractivity contribution in [1.82, 2.24) is 0 Å². The lowest BCUT2D eigenvalue weighted by atomic mass is 9.90. The molecule has 0 aromatic rings. The van der Waals surface area contributed by atoms with Gasteiger partial charge in [-0.05, 0) is 6.42 Å². The molecule has 0 rings (SSSR count). The monoisotopic (exact) mass is 171 g/mol. The molecular weight excluding hydrogens is 154 g/mol. The van der Waals surface area contributed by atoms with Gasteiger partial charge < -0.3 is 4.74 Å². The molecule has 0 aromatic carbocycles. The summed E-state index contributed by atoms with van der Waals surface area (Å²) in [6, 6.07) is 0. The summed E-state index contributed by atoms with van der Waals surface area (Å²) in [6.07, 6.45) is 0.795. The molecule has 0 fully saturated rings. The van der Waals surface area contributed by atoms with Gasteiger partial charge in [-0.1, -0.05) is 27.7 Å². The van der Waals surface area contributed by atoms with Gasteiger partial charge in [-0.2, -0.15) is 0 Å². The van der Waals surface area contributed by atoms with Gasteiger partial charge in [-0.15, -0.1) is 0 Å². The van der Waals surface area contributed by atoms with Crippen LogP contribution < -0.4 is 0 Å². The first-order chi connectivity index (χ1) is 5.39. The minimum absolute atomic E-state index is 0.0379. The van der Waals surface area contributed by atoms with E-state index in [-0.39, 0.29) is 5.71 Å². The van der Waals surface area contributed by atoms with Gasteiger partial charge in [0.25, 0.3) is 0 Å². The fourth-order valence-corrected chi connectivity index (χ4v) is 0.573. The Morgan fingerprint density at radius 3 is 2.25 bits per heavy atom. The van der Waals surface area contributed by atoms with Crippen LogP contribution in [0.15, 0.2) is 0 Å². The summed E-state index contributed by atoms with van der Waals surface area (Å²) < 4.78 is 4.82. The molecule has 0 aliphatic carbocycles. The topological polar surface area (TPSA) is 50.2 Å². The predicted molar refractivity (Wildman–Crippen MR) is 48.4 cm³/mol. The Kier molecular flexibility index (Phi) is 3.93. The highest BCUT2D eigenvalue weighted by atomic mass is 16.5. The zero-order chi connectivity index (χ0) is 9.78. The predicted octanol–water partition coefficient (Wildman–Crippen LogP) is 2.01. The van der Waals surface area contributed by atoms with Crippen LogP contribution in [0.3, 0.4) is 0 Å². The first-order valence-corrected chi connectivity index (χ1v) is 4.15. The maximum atomic E-state index is 11.1. The number of carbonyl (C=O) groups is 1. The number of carbonyl (C=O) groups excluding carboxylic acids is 1. The third-order valence-corrected chi connectivity index (χ3v) is 1.39. The summed E-state index contributed by atoms with van der Waals surface area (Å²) >= 11 is 0. The second-order valence-electron chi connectivity index (χ2n) is 3.76. The molecule has 0 aromatic heterocycles. The Morgan fingerprint density at radius 1 is 1.42 bits per heavy atom. The second-order valence-corrected chi connectivity index (χ2v) is 3.76. The van der Waals surface area contributed by atoms with E-state index in [0.29, 0.717) is 6.61 Å². The van der Waals surface area contributed by atoms with Crippen molar-refractivity contribution in [3.8, 4) is 0 Å². The largest absolute Gasteiger partial charge is 0.461 e. The molecule has 3 nitrogen and oxygen atoms in total. The number of ether oxygens (including phenoxy) is 1. The van der Waals surface area contributed by atoms with E-state index in [4.69, 9.17) is 10.1 Å². The summed E-state index contributed by atoms with van der Waals surface area (Å²) in [4.78, 5) is 11.1. The average Bonchev–Trinajstić information content (AvgIpc) is 1.97. The first kappa shape index (κ1) is 11.1. The van der Waals surface area contributed by atoms with Crippen molar-refractivity contribution in [2.75, 3.05) is 6.61 Å². The number of nitrogens with one attached hydrogen (secondary N) is 1. The lowest BCUT2D eigenvalue weighted by Gasteiger charge is -2.17. The van der Waals surface area contributed by atoms with Crippen LogP contribution in [0.1, 0.15) is 34.1 Å². The van der Waals surface area contributed by atoms with Crippen LogP contribution in [0.2, 0.25) is 0 Å². The summed E-state index contributed by atoms with van der Waals surface area (Å²) in [6.45, 7) is 7.79. The van der Waals surface area contributed by atoms with Crippen molar-refractivity contribution in [1.29, 1.82) is 5.41 Å². The molecule has 0 spiro atoms. The van der Waals surface area contributed by atoms with Crippen molar-refractivity contribution in [3.63, 3.8) is 0 Å². The Bertz CT molecular complexity index is 179. The number of hydrogen-bond donors (Lipinski definition) is 1. The van der Waals surface area contributed by atoms with Gasteiger partial charge in [0.15, 0.2) is 0 Å². The van der Waals surface area contributed by atoms with Crippen LogP contribution >= 0.6 is 0 Å². The molecule has 0 amide bonds. The van der Waals surface area contributed by atoms with E-state index < -0.39 is 11.4 Å². The Balaban J connectivity index is 4.04. The maximum Gasteiger partial charge on any atom is 0.352 e. The molecule has 0 saturated carbocycles. The molecule has 0 unspecified atom stereocenters. The third kappa shape index (κ3) is 3.51. The molecule has 0 bridgehead atoms. The van der Waals surface area contributed by atoms with Gasteiger partial charge in [0.05, 0.1) is 6.61 Å². The fraction of sp³-hybridized carbons (Fsp3) is 0.778. The summed E-state index contributed by atoms with van der Waals surface area (Å²) in [7, 11) is 0.